The van der Waals surface area contributed by atoms with E-state index in [1.165, 1.54) is 0 Å². The number of aromatic nitrogens is 2. The summed E-state index contributed by atoms with van der Waals surface area (Å²) in [5, 5.41) is 6.70. The maximum absolute atomic E-state index is 12.7. The predicted octanol–water partition coefficient (Wildman–Crippen LogP) is 3.79. The van der Waals surface area contributed by atoms with Crippen molar-refractivity contribution >= 4 is 23.3 Å². The number of rotatable bonds is 8. The molecule has 1 heterocycles. The Morgan fingerprint density at radius 2 is 1.82 bits per heavy atom. The van der Waals surface area contributed by atoms with Gasteiger partial charge in [-0.05, 0) is 17.7 Å². The second kappa shape index (κ2) is 9.82. The average molecular weight is 397 g/mol. The highest BCUT2D eigenvalue weighted by Gasteiger charge is 2.13. The van der Waals surface area contributed by atoms with Gasteiger partial charge >= 0.3 is 0 Å². The van der Waals surface area contributed by atoms with Gasteiger partial charge in [0.05, 0.1) is 6.61 Å². The lowest BCUT2D eigenvalue weighted by molar-refractivity contribution is 0.0946. The predicted molar refractivity (Wildman–Crippen MR) is 110 cm³/mol. The molecule has 28 heavy (non-hydrogen) atoms. The van der Waals surface area contributed by atoms with Gasteiger partial charge in [-0.15, -0.1) is 0 Å². The third kappa shape index (κ3) is 5.52. The van der Waals surface area contributed by atoms with Crippen molar-refractivity contribution in [2.75, 3.05) is 25.6 Å². The molecule has 2 aromatic carbocycles. The van der Waals surface area contributed by atoms with Crippen LogP contribution in [0.5, 0.6) is 0 Å². The number of hydrogen-bond donors (Lipinski definition) is 2. The zero-order valence-electron chi connectivity index (χ0n) is 15.5. The minimum atomic E-state index is -0.274. The highest BCUT2D eigenvalue weighted by atomic mass is 35.5. The number of carbonyl (C=O) groups is 1. The van der Waals surface area contributed by atoms with Crippen LogP contribution in [0.2, 0.25) is 5.02 Å². The monoisotopic (exact) mass is 396 g/mol. The Hall–Kier alpha value is -2.96. The second-order valence-electron chi connectivity index (χ2n) is 6.06. The molecule has 0 radical (unpaired) electrons. The molecule has 0 fully saturated rings. The Kier molecular flexibility index (Phi) is 6.94. The second-order valence-corrected chi connectivity index (χ2v) is 6.49. The number of carbonyl (C=O) groups excluding carboxylic acids is 1. The summed E-state index contributed by atoms with van der Waals surface area (Å²) in [5.41, 5.74) is 2.08. The summed E-state index contributed by atoms with van der Waals surface area (Å²) < 4.78 is 5.06. The minimum Gasteiger partial charge on any atom is -0.383 e. The molecule has 0 spiro atoms. The number of ether oxygens (including phenoxy) is 1. The van der Waals surface area contributed by atoms with Gasteiger partial charge in [0.15, 0.2) is 5.82 Å². The normalized spacial score (nSPS) is 10.5. The van der Waals surface area contributed by atoms with Crippen molar-refractivity contribution in [2.24, 2.45) is 0 Å². The number of hydrogen-bond acceptors (Lipinski definition) is 5. The SMILES string of the molecule is COCCNc1cc(C(=O)NCc2ccc(Cl)cc2)nc(-c2ccccc2)n1. The fourth-order valence-electron chi connectivity index (χ4n) is 2.53. The lowest BCUT2D eigenvalue weighted by Gasteiger charge is -2.11. The lowest BCUT2D eigenvalue weighted by Crippen LogP contribution is -2.24. The number of nitrogens with zero attached hydrogens (tertiary/aromatic N) is 2. The minimum absolute atomic E-state index is 0.274. The van der Waals surface area contributed by atoms with Crippen molar-refractivity contribution in [3.63, 3.8) is 0 Å². The van der Waals surface area contributed by atoms with Crippen LogP contribution in [-0.4, -0.2) is 36.1 Å². The zero-order chi connectivity index (χ0) is 19.8. The summed E-state index contributed by atoms with van der Waals surface area (Å²) in [5.74, 6) is 0.784. The van der Waals surface area contributed by atoms with Crippen LogP contribution in [0.15, 0.2) is 60.7 Å². The van der Waals surface area contributed by atoms with Gasteiger partial charge < -0.3 is 15.4 Å². The molecule has 3 aromatic rings. The molecule has 2 N–H and O–H groups in total. The van der Waals surface area contributed by atoms with Gasteiger partial charge in [-0.3, -0.25) is 4.79 Å². The molecule has 1 aromatic heterocycles. The van der Waals surface area contributed by atoms with E-state index in [2.05, 4.69) is 20.6 Å². The first kappa shape index (κ1) is 19.8. The van der Waals surface area contributed by atoms with Gasteiger partial charge in [-0.25, -0.2) is 9.97 Å². The molecule has 0 atom stereocenters. The van der Waals surface area contributed by atoms with Gasteiger partial charge in [-0.2, -0.15) is 0 Å². The third-order valence-corrected chi connectivity index (χ3v) is 4.22. The Morgan fingerprint density at radius 3 is 2.54 bits per heavy atom. The van der Waals surface area contributed by atoms with E-state index in [1.54, 1.807) is 25.3 Å². The largest absolute Gasteiger partial charge is 0.383 e. The van der Waals surface area contributed by atoms with Crippen LogP contribution in [0.25, 0.3) is 11.4 Å². The van der Waals surface area contributed by atoms with E-state index in [-0.39, 0.29) is 5.91 Å². The highest BCUT2D eigenvalue weighted by Crippen LogP contribution is 2.18. The van der Waals surface area contributed by atoms with Crippen LogP contribution < -0.4 is 10.6 Å². The van der Waals surface area contributed by atoms with Gasteiger partial charge in [0.1, 0.15) is 11.5 Å². The molecular weight excluding hydrogens is 376 g/mol. The van der Waals surface area contributed by atoms with Crippen molar-refractivity contribution in [3.05, 3.63) is 76.9 Å². The first-order valence-corrected chi connectivity index (χ1v) is 9.23. The van der Waals surface area contributed by atoms with Crippen molar-refractivity contribution < 1.29 is 9.53 Å². The van der Waals surface area contributed by atoms with Gasteiger partial charge in [0, 0.05) is 36.9 Å². The molecular formula is C21H21ClN4O2. The summed E-state index contributed by atoms with van der Waals surface area (Å²) >= 11 is 5.90. The van der Waals surface area contributed by atoms with E-state index in [4.69, 9.17) is 16.3 Å². The summed E-state index contributed by atoms with van der Waals surface area (Å²) in [6.07, 6.45) is 0. The molecule has 3 rings (SSSR count). The molecule has 0 aliphatic rings. The van der Waals surface area contributed by atoms with Crippen molar-refractivity contribution in [1.29, 1.82) is 0 Å². The number of halogens is 1. The molecule has 0 bridgehead atoms. The van der Waals surface area contributed by atoms with E-state index in [0.717, 1.165) is 11.1 Å². The number of benzene rings is 2. The molecule has 0 aliphatic carbocycles. The Balaban J connectivity index is 1.80. The molecule has 1 amide bonds. The number of amides is 1. The molecule has 0 unspecified atom stereocenters. The van der Waals surface area contributed by atoms with Gasteiger partial charge in [-0.1, -0.05) is 54.1 Å². The molecule has 144 valence electrons. The fourth-order valence-corrected chi connectivity index (χ4v) is 2.65. The molecule has 0 saturated heterocycles. The van der Waals surface area contributed by atoms with Crippen LogP contribution in [0, 0.1) is 0 Å². The van der Waals surface area contributed by atoms with Crippen LogP contribution in [0.4, 0.5) is 5.82 Å². The van der Waals surface area contributed by atoms with Crippen molar-refractivity contribution in [2.45, 2.75) is 6.54 Å². The first-order chi connectivity index (χ1) is 13.7. The van der Waals surface area contributed by atoms with E-state index >= 15 is 0 Å². The smallest absolute Gasteiger partial charge is 0.270 e. The number of methoxy groups -OCH3 is 1. The fraction of sp³-hybridized carbons (Fsp3) is 0.190. The van der Waals surface area contributed by atoms with Gasteiger partial charge in [0.2, 0.25) is 0 Å². The van der Waals surface area contributed by atoms with Crippen LogP contribution >= 0.6 is 11.6 Å². The zero-order valence-corrected chi connectivity index (χ0v) is 16.2. The summed E-state index contributed by atoms with van der Waals surface area (Å²) in [6.45, 7) is 1.49. The maximum atomic E-state index is 12.7. The Labute approximate surface area is 168 Å². The summed E-state index contributed by atoms with van der Waals surface area (Å²) in [6, 6.07) is 18.5. The number of anilines is 1. The Morgan fingerprint density at radius 1 is 1.07 bits per heavy atom. The Bertz CT molecular complexity index is 917. The molecule has 7 heteroatoms. The van der Waals surface area contributed by atoms with Gasteiger partial charge in [0.25, 0.3) is 5.91 Å². The summed E-state index contributed by atoms with van der Waals surface area (Å²) in [4.78, 5) is 21.6. The molecule has 0 saturated carbocycles. The van der Waals surface area contributed by atoms with Crippen LogP contribution in [-0.2, 0) is 11.3 Å². The van der Waals surface area contributed by atoms with Crippen molar-refractivity contribution in [3.8, 4) is 11.4 Å². The highest BCUT2D eigenvalue weighted by molar-refractivity contribution is 6.30. The van der Waals surface area contributed by atoms with Crippen LogP contribution in [0.1, 0.15) is 16.1 Å². The number of nitrogens with one attached hydrogen (secondary N) is 2. The standard InChI is InChI=1S/C21H21ClN4O2/c1-28-12-11-23-19-13-18(25-20(26-19)16-5-3-2-4-6-16)21(27)24-14-15-7-9-17(22)10-8-15/h2-10,13H,11-12,14H2,1H3,(H,24,27)(H,23,25,26). The lowest BCUT2D eigenvalue weighted by atomic mass is 10.2. The van der Waals surface area contributed by atoms with E-state index in [1.807, 2.05) is 42.5 Å². The first-order valence-electron chi connectivity index (χ1n) is 8.85. The molecule has 6 nitrogen and oxygen atoms in total. The van der Waals surface area contributed by atoms with E-state index in [0.29, 0.717) is 42.1 Å². The average Bonchev–Trinajstić information content (AvgIpc) is 2.74. The van der Waals surface area contributed by atoms with E-state index < -0.39 is 0 Å². The quantitative estimate of drug-likeness (QED) is 0.566. The summed E-state index contributed by atoms with van der Waals surface area (Å²) in [7, 11) is 1.63. The topological polar surface area (TPSA) is 76.1 Å². The van der Waals surface area contributed by atoms with Crippen molar-refractivity contribution in [1.82, 2.24) is 15.3 Å². The molecule has 0 aliphatic heterocycles. The third-order valence-electron chi connectivity index (χ3n) is 3.97. The maximum Gasteiger partial charge on any atom is 0.270 e. The van der Waals surface area contributed by atoms with Crippen LogP contribution in [0.3, 0.4) is 0 Å². The van der Waals surface area contributed by atoms with E-state index in [9.17, 15) is 4.79 Å².